The Balaban J connectivity index is 1.73. The van der Waals surface area contributed by atoms with Gasteiger partial charge < -0.3 is 28.7 Å². The van der Waals surface area contributed by atoms with Crippen molar-refractivity contribution in [1.82, 2.24) is 9.88 Å². The maximum absolute atomic E-state index is 14.1. The van der Waals surface area contributed by atoms with Gasteiger partial charge in [-0.1, -0.05) is 12.1 Å². The van der Waals surface area contributed by atoms with E-state index in [4.69, 9.17) is 23.9 Å². The molecule has 1 aromatic carbocycles. The molecule has 1 aromatic heterocycles. The van der Waals surface area contributed by atoms with Crippen molar-refractivity contribution in [3.05, 3.63) is 65.6 Å². The number of carbonyl (C=O) groups is 4. The minimum atomic E-state index is -2.34. The van der Waals surface area contributed by atoms with Crippen LogP contribution < -0.4 is 9.64 Å². The first-order valence-corrected chi connectivity index (χ1v) is 13.1. The number of rotatable bonds is 2. The lowest BCUT2D eigenvalue weighted by Gasteiger charge is -2.49. The molecule has 4 aliphatic rings. The lowest BCUT2D eigenvalue weighted by atomic mass is 9.74. The Hall–Kier alpha value is -4.58. The Morgan fingerprint density at radius 1 is 0.829 bits per heavy atom. The van der Waals surface area contributed by atoms with Gasteiger partial charge >= 0.3 is 29.7 Å². The number of benzene rings is 1. The third kappa shape index (κ3) is 4.53. The Morgan fingerprint density at radius 3 is 2.05 bits per heavy atom. The van der Waals surface area contributed by atoms with E-state index >= 15 is 0 Å². The summed E-state index contributed by atoms with van der Waals surface area (Å²) in [5.74, 6) is -6.22. The summed E-state index contributed by atoms with van der Waals surface area (Å²) in [5.41, 5.74) is -0.708. The average Bonchev–Trinajstić information content (AvgIpc) is 2.93. The zero-order valence-corrected chi connectivity index (χ0v) is 22.3. The van der Waals surface area contributed by atoms with Gasteiger partial charge in [-0.05, 0) is 38.1 Å². The summed E-state index contributed by atoms with van der Waals surface area (Å²) in [5, 5.41) is 0. The highest BCUT2D eigenvalue weighted by Crippen LogP contribution is 2.55. The van der Waals surface area contributed by atoms with E-state index in [-0.39, 0.29) is 29.7 Å². The topological polar surface area (TPSA) is 125 Å². The van der Waals surface area contributed by atoms with Crippen LogP contribution in [0.1, 0.15) is 24.6 Å². The number of nitrogens with zero attached hydrogens (tertiary/aromatic N) is 3. The van der Waals surface area contributed by atoms with Gasteiger partial charge in [-0.25, -0.2) is 28.6 Å². The monoisotopic (exact) mass is 563 g/mol. The van der Waals surface area contributed by atoms with Crippen molar-refractivity contribution in [3.8, 4) is 16.9 Å². The van der Waals surface area contributed by atoms with E-state index in [1.807, 2.05) is 11.9 Å². The molecule has 1 fully saturated rings. The van der Waals surface area contributed by atoms with Crippen LogP contribution in [-0.4, -0.2) is 72.6 Å². The average molecular weight is 564 g/mol. The smallest absolute Gasteiger partial charge is 0.336 e. The molecular formula is C29H26FN3O8. The van der Waals surface area contributed by atoms with Crippen molar-refractivity contribution in [2.75, 3.05) is 38.1 Å². The van der Waals surface area contributed by atoms with E-state index in [1.165, 1.54) is 31.2 Å². The summed E-state index contributed by atoms with van der Waals surface area (Å²) in [4.78, 5) is 60.8. The second-order valence-electron chi connectivity index (χ2n) is 10.5. The fraction of sp³-hybridized carbons (Fsp3) is 0.345. The van der Waals surface area contributed by atoms with Crippen LogP contribution in [0, 0.1) is 5.82 Å². The third-order valence-corrected chi connectivity index (χ3v) is 7.74. The molecule has 0 N–H and O–H groups in total. The maximum Gasteiger partial charge on any atom is 0.336 e. The van der Waals surface area contributed by atoms with Crippen LogP contribution in [0.3, 0.4) is 0 Å². The van der Waals surface area contributed by atoms with Gasteiger partial charge in [-0.3, -0.25) is 0 Å². The minimum Gasteiger partial charge on any atom is -0.447 e. The Morgan fingerprint density at radius 2 is 1.41 bits per heavy atom. The number of aromatic nitrogens is 1. The summed E-state index contributed by atoms with van der Waals surface area (Å²) in [6.07, 6.45) is 3.83. The van der Waals surface area contributed by atoms with Crippen molar-refractivity contribution in [2.24, 2.45) is 0 Å². The largest absolute Gasteiger partial charge is 0.447 e. The summed E-state index contributed by atoms with van der Waals surface area (Å²) >= 11 is 0. The third-order valence-electron chi connectivity index (χ3n) is 7.74. The van der Waals surface area contributed by atoms with Crippen LogP contribution in [0.25, 0.3) is 11.1 Å². The lowest BCUT2D eigenvalue weighted by Crippen LogP contribution is -2.60. The quantitative estimate of drug-likeness (QED) is 0.500. The van der Waals surface area contributed by atoms with E-state index in [9.17, 15) is 23.6 Å². The molecule has 1 saturated heterocycles. The second kappa shape index (κ2) is 9.81. The summed E-state index contributed by atoms with van der Waals surface area (Å²) in [6, 6.07) is 5.39. The second-order valence-corrected chi connectivity index (χ2v) is 10.5. The number of fused-ring (bicyclic) bond motifs is 1. The van der Waals surface area contributed by atoms with Gasteiger partial charge in [0.25, 0.3) is 0 Å². The molecule has 1 aliphatic carbocycles. The van der Waals surface area contributed by atoms with Crippen LogP contribution in [0.2, 0.25) is 0 Å². The molecule has 12 heteroatoms. The fourth-order valence-electron chi connectivity index (χ4n) is 5.62. The molecule has 4 heterocycles. The number of likely N-dealkylation sites (N-methyl/N-ethyl adjacent to an activating group) is 1. The van der Waals surface area contributed by atoms with Crippen LogP contribution in [0.5, 0.6) is 5.75 Å². The summed E-state index contributed by atoms with van der Waals surface area (Å²) < 4.78 is 37.6. The molecule has 11 nitrogen and oxygen atoms in total. The van der Waals surface area contributed by atoms with Crippen molar-refractivity contribution >= 4 is 29.7 Å². The highest BCUT2D eigenvalue weighted by Gasteiger charge is 2.64. The SMILES string of the molecule is CN1CCN(c2nc3c4c(-c5ccc(F)cc5)c2OC(=O)/C=C\C(=O)OC42OC(=O)/C=C\C(=O)OC2(C)CC3)CC1. The van der Waals surface area contributed by atoms with Crippen LogP contribution in [0.15, 0.2) is 48.6 Å². The number of hydrogen-bond donors (Lipinski definition) is 0. The number of hydrogen-bond acceptors (Lipinski definition) is 11. The van der Waals surface area contributed by atoms with E-state index in [0.29, 0.717) is 30.2 Å². The molecule has 2 unspecified atom stereocenters. The number of piperazine rings is 1. The molecule has 41 heavy (non-hydrogen) atoms. The molecule has 2 bridgehead atoms. The Bertz CT molecular complexity index is 1530. The van der Waals surface area contributed by atoms with Gasteiger partial charge in [0.05, 0.1) is 11.3 Å². The van der Waals surface area contributed by atoms with E-state index in [0.717, 1.165) is 37.4 Å². The Kier molecular flexibility index (Phi) is 6.37. The maximum atomic E-state index is 14.1. The molecule has 6 rings (SSSR count). The van der Waals surface area contributed by atoms with Crippen LogP contribution >= 0.6 is 0 Å². The van der Waals surface area contributed by atoms with Gasteiger partial charge in [0, 0.05) is 62.5 Å². The number of anilines is 1. The van der Waals surface area contributed by atoms with Crippen molar-refractivity contribution in [1.29, 1.82) is 0 Å². The molecule has 212 valence electrons. The number of ether oxygens (including phenoxy) is 4. The summed E-state index contributed by atoms with van der Waals surface area (Å²) in [7, 11) is 2.00. The van der Waals surface area contributed by atoms with E-state index in [2.05, 4.69) is 4.90 Å². The van der Waals surface area contributed by atoms with E-state index in [1.54, 1.807) is 0 Å². The van der Waals surface area contributed by atoms with E-state index < -0.39 is 41.1 Å². The molecule has 0 radical (unpaired) electrons. The van der Waals surface area contributed by atoms with Crippen LogP contribution in [-0.2, 0) is 45.6 Å². The van der Waals surface area contributed by atoms with Gasteiger partial charge in [0.15, 0.2) is 17.2 Å². The van der Waals surface area contributed by atoms with Gasteiger partial charge in [0.2, 0.25) is 0 Å². The fourth-order valence-corrected chi connectivity index (χ4v) is 5.62. The number of carbonyl (C=O) groups excluding carboxylic acids is 4. The zero-order chi connectivity index (χ0) is 28.9. The first kappa shape index (κ1) is 26.6. The van der Waals surface area contributed by atoms with Gasteiger partial charge in [-0.2, -0.15) is 0 Å². The van der Waals surface area contributed by atoms with Crippen molar-refractivity contribution < 1.29 is 42.5 Å². The molecule has 2 atom stereocenters. The normalized spacial score (nSPS) is 27.7. The lowest BCUT2D eigenvalue weighted by molar-refractivity contribution is -0.303. The van der Waals surface area contributed by atoms with Crippen LogP contribution in [0.4, 0.5) is 10.2 Å². The molecule has 0 saturated carbocycles. The van der Waals surface area contributed by atoms with Gasteiger partial charge in [-0.15, -0.1) is 0 Å². The number of esters is 4. The summed E-state index contributed by atoms with van der Waals surface area (Å²) in [6.45, 7) is 4.08. The standard InChI is InChI=1S/C29H26FN3O8/c1-28-12-11-19-25-24(17-3-5-18(30)6-4-17)26(27(31-19)33-15-13-32(2)14-16-33)38-20(34)7-8-22(36)40-29(25,28)41-23(37)10-9-21(35)39-28/h3-10H,11-16H2,1-2H3/b8-7-,10-9-. The molecule has 3 aliphatic heterocycles. The molecule has 1 spiro atoms. The predicted molar refractivity (Wildman–Crippen MR) is 140 cm³/mol. The molecule has 2 aromatic rings. The first-order chi connectivity index (χ1) is 19.6. The van der Waals surface area contributed by atoms with Crippen molar-refractivity contribution in [3.63, 3.8) is 0 Å². The predicted octanol–water partition coefficient (Wildman–Crippen LogP) is 2.17. The molecule has 0 amide bonds. The minimum absolute atomic E-state index is 0.0103. The number of aryl methyl sites for hydroxylation is 1. The zero-order valence-electron chi connectivity index (χ0n) is 22.3. The van der Waals surface area contributed by atoms with Gasteiger partial charge in [0.1, 0.15) is 5.82 Å². The highest BCUT2D eigenvalue weighted by atomic mass is 19.1. The Labute approximate surface area is 234 Å². The first-order valence-electron chi connectivity index (χ1n) is 13.1. The number of pyridine rings is 1. The van der Waals surface area contributed by atoms with Crippen molar-refractivity contribution in [2.45, 2.75) is 31.2 Å². The highest BCUT2D eigenvalue weighted by molar-refractivity contribution is 5.97. The number of halogens is 1. The molecular weight excluding hydrogens is 537 g/mol.